The maximum absolute atomic E-state index is 12.8. The van der Waals surface area contributed by atoms with Crippen LogP contribution in [0.2, 0.25) is 0 Å². The quantitative estimate of drug-likeness (QED) is 0.795. The highest BCUT2D eigenvalue weighted by molar-refractivity contribution is 7.89. The van der Waals surface area contributed by atoms with Crippen LogP contribution in [0.1, 0.15) is 30.8 Å². The van der Waals surface area contributed by atoms with E-state index in [1.54, 1.807) is 40.7 Å². The zero-order valence-electron chi connectivity index (χ0n) is 13.8. The number of furan rings is 1. The Balaban J connectivity index is 1.85. The second-order valence-electron chi connectivity index (χ2n) is 6.61. The SMILES string of the molecule is CC1CC(C)CN(S(=O)(=O)c2ccc(-c3ccc(C=O)o3)cc2)C1. The van der Waals surface area contributed by atoms with Crippen molar-refractivity contribution >= 4 is 16.3 Å². The Kier molecular flexibility index (Phi) is 4.60. The van der Waals surface area contributed by atoms with Gasteiger partial charge in [-0.1, -0.05) is 13.8 Å². The predicted molar refractivity (Wildman–Crippen MR) is 91.2 cm³/mol. The number of carbonyl (C=O) groups is 1. The first-order valence-electron chi connectivity index (χ1n) is 8.05. The normalized spacial score (nSPS) is 22.4. The summed E-state index contributed by atoms with van der Waals surface area (Å²) in [6.07, 6.45) is 1.70. The van der Waals surface area contributed by atoms with Crippen LogP contribution in [0, 0.1) is 11.8 Å². The van der Waals surface area contributed by atoms with Crippen LogP contribution in [-0.2, 0) is 10.0 Å². The van der Waals surface area contributed by atoms with Gasteiger partial charge >= 0.3 is 0 Å². The van der Waals surface area contributed by atoms with Crippen molar-refractivity contribution in [2.24, 2.45) is 11.8 Å². The molecular weight excluding hydrogens is 326 g/mol. The minimum atomic E-state index is -3.48. The van der Waals surface area contributed by atoms with Crippen molar-refractivity contribution in [1.29, 1.82) is 0 Å². The van der Waals surface area contributed by atoms with Crippen molar-refractivity contribution in [2.75, 3.05) is 13.1 Å². The fourth-order valence-electron chi connectivity index (χ4n) is 3.31. The van der Waals surface area contributed by atoms with E-state index in [-0.39, 0.29) is 10.7 Å². The van der Waals surface area contributed by atoms with Gasteiger partial charge in [-0.2, -0.15) is 4.31 Å². The molecule has 0 aliphatic carbocycles. The van der Waals surface area contributed by atoms with Gasteiger partial charge in [0.15, 0.2) is 12.0 Å². The summed E-state index contributed by atoms with van der Waals surface area (Å²) in [4.78, 5) is 11.0. The molecule has 0 amide bonds. The second-order valence-corrected chi connectivity index (χ2v) is 8.55. The Labute approximate surface area is 142 Å². The first-order chi connectivity index (χ1) is 11.4. The van der Waals surface area contributed by atoms with Crippen LogP contribution in [0.3, 0.4) is 0 Å². The van der Waals surface area contributed by atoms with Crippen molar-refractivity contribution < 1.29 is 17.6 Å². The summed E-state index contributed by atoms with van der Waals surface area (Å²) in [6, 6.07) is 9.88. The van der Waals surface area contributed by atoms with Gasteiger partial charge in [0.25, 0.3) is 0 Å². The van der Waals surface area contributed by atoms with E-state index in [1.165, 1.54) is 0 Å². The molecule has 128 valence electrons. The molecule has 2 atom stereocenters. The highest BCUT2D eigenvalue weighted by Gasteiger charge is 2.31. The van der Waals surface area contributed by atoms with E-state index >= 15 is 0 Å². The molecule has 0 bridgehead atoms. The minimum Gasteiger partial charge on any atom is -0.453 e. The number of carbonyl (C=O) groups excluding carboxylic acids is 1. The van der Waals surface area contributed by atoms with E-state index in [0.29, 0.717) is 37.0 Å². The van der Waals surface area contributed by atoms with Crippen molar-refractivity contribution in [2.45, 2.75) is 25.2 Å². The number of aldehydes is 1. The summed E-state index contributed by atoms with van der Waals surface area (Å²) in [7, 11) is -3.48. The third-order valence-electron chi connectivity index (χ3n) is 4.35. The zero-order chi connectivity index (χ0) is 17.3. The Morgan fingerprint density at radius 2 is 1.67 bits per heavy atom. The van der Waals surface area contributed by atoms with Crippen molar-refractivity contribution in [3.63, 3.8) is 0 Å². The number of benzene rings is 1. The molecule has 2 heterocycles. The van der Waals surface area contributed by atoms with Gasteiger partial charge in [-0.25, -0.2) is 8.42 Å². The molecule has 2 unspecified atom stereocenters. The Hall–Kier alpha value is -1.92. The summed E-state index contributed by atoms with van der Waals surface area (Å²) in [6.45, 7) is 5.30. The summed E-state index contributed by atoms with van der Waals surface area (Å²) in [5.74, 6) is 1.53. The molecule has 1 aromatic heterocycles. The summed E-state index contributed by atoms with van der Waals surface area (Å²) >= 11 is 0. The van der Waals surface area contributed by atoms with Gasteiger partial charge in [-0.3, -0.25) is 4.79 Å². The smallest absolute Gasteiger partial charge is 0.243 e. The van der Waals surface area contributed by atoms with E-state index in [9.17, 15) is 13.2 Å². The molecular formula is C18H21NO4S. The lowest BCUT2D eigenvalue weighted by Gasteiger charge is -2.34. The molecule has 1 aliphatic heterocycles. The van der Waals surface area contributed by atoms with Gasteiger partial charge in [0, 0.05) is 18.7 Å². The van der Waals surface area contributed by atoms with E-state index in [2.05, 4.69) is 13.8 Å². The molecule has 1 saturated heterocycles. The maximum Gasteiger partial charge on any atom is 0.243 e. The molecule has 1 aromatic carbocycles. The molecule has 24 heavy (non-hydrogen) atoms. The number of rotatable bonds is 4. The second kappa shape index (κ2) is 6.53. The van der Waals surface area contributed by atoms with Crippen molar-refractivity contribution in [3.05, 3.63) is 42.2 Å². The van der Waals surface area contributed by atoms with E-state index < -0.39 is 10.0 Å². The van der Waals surface area contributed by atoms with Crippen LogP contribution >= 0.6 is 0 Å². The molecule has 6 heteroatoms. The molecule has 0 spiro atoms. The van der Waals surface area contributed by atoms with Crippen LogP contribution in [-0.4, -0.2) is 32.1 Å². The number of hydrogen-bond donors (Lipinski definition) is 0. The van der Waals surface area contributed by atoms with Gasteiger partial charge in [-0.15, -0.1) is 0 Å². The minimum absolute atomic E-state index is 0.248. The lowest BCUT2D eigenvalue weighted by Crippen LogP contribution is -2.42. The summed E-state index contributed by atoms with van der Waals surface area (Å²) < 4.78 is 32.6. The summed E-state index contributed by atoms with van der Waals surface area (Å²) in [5.41, 5.74) is 0.738. The fraction of sp³-hybridized carbons (Fsp3) is 0.389. The zero-order valence-corrected chi connectivity index (χ0v) is 14.6. The topological polar surface area (TPSA) is 67.6 Å². The molecule has 5 nitrogen and oxygen atoms in total. The molecule has 0 radical (unpaired) electrons. The first kappa shape index (κ1) is 16.9. The van der Waals surface area contributed by atoms with Crippen LogP contribution in [0.15, 0.2) is 45.7 Å². The third kappa shape index (κ3) is 3.30. The average Bonchev–Trinajstić information content (AvgIpc) is 3.03. The molecule has 3 rings (SSSR count). The lowest BCUT2D eigenvalue weighted by molar-refractivity contribution is 0.110. The molecule has 2 aromatic rings. The van der Waals surface area contributed by atoms with Crippen LogP contribution in [0.5, 0.6) is 0 Å². The predicted octanol–water partition coefficient (Wildman–Crippen LogP) is 3.43. The number of hydrogen-bond acceptors (Lipinski definition) is 4. The average molecular weight is 347 g/mol. The maximum atomic E-state index is 12.8. The standard InChI is InChI=1S/C18H21NO4S/c1-13-9-14(2)11-19(10-13)24(21,22)17-6-3-15(4-7-17)18-8-5-16(12-20)23-18/h3-8,12-14H,9-11H2,1-2H3. The highest BCUT2D eigenvalue weighted by Crippen LogP contribution is 2.28. The molecule has 1 aliphatic rings. The van der Waals surface area contributed by atoms with E-state index in [0.717, 1.165) is 12.0 Å². The largest absolute Gasteiger partial charge is 0.453 e. The lowest BCUT2D eigenvalue weighted by atomic mass is 9.94. The Morgan fingerprint density at radius 1 is 1.04 bits per heavy atom. The number of sulfonamides is 1. The van der Waals surface area contributed by atoms with Crippen LogP contribution in [0.4, 0.5) is 0 Å². The first-order valence-corrected chi connectivity index (χ1v) is 9.49. The fourth-order valence-corrected chi connectivity index (χ4v) is 4.99. The van der Waals surface area contributed by atoms with E-state index in [1.807, 2.05) is 0 Å². The van der Waals surface area contributed by atoms with Crippen molar-refractivity contribution in [3.8, 4) is 11.3 Å². The highest BCUT2D eigenvalue weighted by atomic mass is 32.2. The number of piperidine rings is 1. The van der Waals surface area contributed by atoms with Gasteiger partial charge in [0.05, 0.1) is 4.90 Å². The molecule has 0 saturated carbocycles. The monoisotopic (exact) mass is 347 g/mol. The Bertz CT molecular complexity index is 813. The van der Waals surface area contributed by atoms with Crippen LogP contribution in [0.25, 0.3) is 11.3 Å². The van der Waals surface area contributed by atoms with Gasteiger partial charge in [0.2, 0.25) is 10.0 Å². The third-order valence-corrected chi connectivity index (χ3v) is 6.20. The molecule has 0 N–H and O–H groups in total. The Morgan fingerprint density at radius 3 is 2.21 bits per heavy atom. The van der Waals surface area contributed by atoms with E-state index in [4.69, 9.17) is 4.42 Å². The van der Waals surface area contributed by atoms with Crippen molar-refractivity contribution in [1.82, 2.24) is 4.31 Å². The van der Waals surface area contributed by atoms with Gasteiger partial charge < -0.3 is 4.42 Å². The number of nitrogens with zero attached hydrogens (tertiary/aromatic N) is 1. The summed E-state index contributed by atoms with van der Waals surface area (Å²) in [5, 5.41) is 0. The molecule has 1 fully saturated rings. The van der Waals surface area contributed by atoms with Crippen LogP contribution < -0.4 is 0 Å². The van der Waals surface area contributed by atoms with Gasteiger partial charge in [-0.05, 0) is 54.7 Å². The van der Waals surface area contributed by atoms with Gasteiger partial charge in [0.1, 0.15) is 5.76 Å².